The van der Waals surface area contributed by atoms with Crippen molar-refractivity contribution in [2.24, 2.45) is 5.10 Å². The number of hydrogen-bond acceptors (Lipinski definition) is 4. The van der Waals surface area contributed by atoms with Gasteiger partial charge in [-0.25, -0.2) is 13.8 Å². The SMILES string of the molecule is CC(C)c1ccc(/C=N/NC(=O)CN(Cc2ccc(Br)cc2)S(=O)(=O)c2ccccc2)cc1. The number of carbonyl (C=O) groups excluding carboxylic acids is 1. The fraction of sp³-hybridized carbons (Fsp3) is 0.200. The molecule has 0 aromatic heterocycles. The largest absolute Gasteiger partial charge is 0.272 e. The van der Waals surface area contributed by atoms with Crippen LogP contribution in [0.4, 0.5) is 0 Å². The predicted molar refractivity (Wildman–Crippen MR) is 134 cm³/mol. The second-order valence-electron chi connectivity index (χ2n) is 7.83. The van der Waals surface area contributed by atoms with Gasteiger partial charge in [0.25, 0.3) is 5.91 Å². The summed E-state index contributed by atoms with van der Waals surface area (Å²) in [6.07, 6.45) is 1.53. The molecule has 0 aliphatic rings. The van der Waals surface area contributed by atoms with Crippen molar-refractivity contribution in [3.8, 4) is 0 Å². The van der Waals surface area contributed by atoms with Crippen molar-refractivity contribution in [1.82, 2.24) is 9.73 Å². The zero-order valence-corrected chi connectivity index (χ0v) is 20.9. The van der Waals surface area contributed by atoms with Gasteiger partial charge in [0.2, 0.25) is 10.0 Å². The lowest BCUT2D eigenvalue weighted by atomic mass is 10.0. The number of amides is 1. The maximum Gasteiger partial charge on any atom is 0.255 e. The summed E-state index contributed by atoms with van der Waals surface area (Å²) in [6.45, 7) is 3.93. The minimum Gasteiger partial charge on any atom is -0.272 e. The molecule has 0 unspecified atom stereocenters. The van der Waals surface area contributed by atoms with Crippen LogP contribution in [0, 0.1) is 0 Å². The molecule has 8 heteroatoms. The first-order valence-corrected chi connectivity index (χ1v) is 12.7. The van der Waals surface area contributed by atoms with Gasteiger partial charge in [0, 0.05) is 11.0 Å². The first-order valence-electron chi connectivity index (χ1n) is 10.5. The molecule has 0 bridgehead atoms. The third kappa shape index (κ3) is 7.08. The molecule has 0 spiro atoms. The zero-order valence-electron chi connectivity index (χ0n) is 18.5. The number of carbonyl (C=O) groups is 1. The van der Waals surface area contributed by atoms with E-state index in [4.69, 9.17) is 0 Å². The van der Waals surface area contributed by atoms with E-state index in [2.05, 4.69) is 40.3 Å². The van der Waals surface area contributed by atoms with Crippen LogP contribution in [0.2, 0.25) is 0 Å². The van der Waals surface area contributed by atoms with E-state index in [0.717, 1.165) is 19.9 Å². The lowest BCUT2D eigenvalue weighted by Crippen LogP contribution is -2.39. The number of hydrazone groups is 1. The van der Waals surface area contributed by atoms with Gasteiger partial charge < -0.3 is 0 Å². The molecule has 3 rings (SSSR count). The monoisotopic (exact) mass is 527 g/mol. The Morgan fingerprint density at radius 2 is 1.64 bits per heavy atom. The number of rotatable bonds is 9. The molecule has 0 aliphatic heterocycles. The highest BCUT2D eigenvalue weighted by molar-refractivity contribution is 9.10. The molecule has 172 valence electrons. The Bertz CT molecular complexity index is 1190. The predicted octanol–water partition coefficient (Wildman–Crippen LogP) is 4.91. The smallest absolute Gasteiger partial charge is 0.255 e. The molecule has 0 saturated carbocycles. The van der Waals surface area contributed by atoms with Crippen molar-refractivity contribution in [1.29, 1.82) is 0 Å². The van der Waals surface area contributed by atoms with Gasteiger partial charge in [0.15, 0.2) is 0 Å². The summed E-state index contributed by atoms with van der Waals surface area (Å²) in [6, 6.07) is 23.2. The molecule has 0 heterocycles. The first kappa shape index (κ1) is 24.8. The molecule has 0 radical (unpaired) electrons. The minimum atomic E-state index is -3.89. The molecule has 3 aromatic rings. The first-order chi connectivity index (χ1) is 15.8. The lowest BCUT2D eigenvalue weighted by molar-refractivity contribution is -0.121. The Morgan fingerprint density at radius 1 is 1.00 bits per heavy atom. The van der Waals surface area contributed by atoms with Crippen molar-refractivity contribution < 1.29 is 13.2 Å². The van der Waals surface area contributed by atoms with Crippen molar-refractivity contribution in [2.75, 3.05) is 6.54 Å². The fourth-order valence-electron chi connectivity index (χ4n) is 3.10. The molecular formula is C25H26BrN3O3S. The maximum absolute atomic E-state index is 13.2. The maximum atomic E-state index is 13.2. The second-order valence-corrected chi connectivity index (χ2v) is 10.7. The van der Waals surface area contributed by atoms with Crippen molar-refractivity contribution in [3.63, 3.8) is 0 Å². The van der Waals surface area contributed by atoms with E-state index in [1.807, 2.05) is 48.5 Å². The fourth-order valence-corrected chi connectivity index (χ4v) is 4.77. The van der Waals surface area contributed by atoms with Crippen LogP contribution in [0.1, 0.15) is 36.5 Å². The molecule has 0 aliphatic carbocycles. The Balaban J connectivity index is 1.73. The number of nitrogens with zero attached hydrogens (tertiary/aromatic N) is 2. The molecule has 33 heavy (non-hydrogen) atoms. The standard InChI is InChI=1S/C25H26BrN3O3S/c1-19(2)22-12-8-20(9-13-22)16-27-28-25(30)18-29(17-21-10-14-23(26)15-11-21)33(31,32)24-6-4-3-5-7-24/h3-16,19H,17-18H2,1-2H3,(H,28,30)/b27-16+. The van der Waals surface area contributed by atoms with Crippen LogP contribution in [-0.4, -0.2) is 31.4 Å². The summed E-state index contributed by atoms with van der Waals surface area (Å²) in [4.78, 5) is 12.7. The van der Waals surface area contributed by atoms with E-state index in [1.165, 1.54) is 23.9 Å². The molecular weight excluding hydrogens is 502 g/mol. The van der Waals surface area contributed by atoms with E-state index in [0.29, 0.717) is 5.92 Å². The topological polar surface area (TPSA) is 78.8 Å². The molecule has 3 aromatic carbocycles. The highest BCUT2D eigenvalue weighted by atomic mass is 79.9. The number of benzene rings is 3. The molecule has 0 atom stereocenters. The summed E-state index contributed by atoms with van der Waals surface area (Å²) in [7, 11) is -3.89. The van der Waals surface area contributed by atoms with Crippen LogP contribution >= 0.6 is 15.9 Å². The van der Waals surface area contributed by atoms with Crippen molar-refractivity contribution in [2.45, 2.75) is 31.2 Å². The summed E-state index contributed by atoms with van der Waals surface area (Å²) < 4.78 is 28.5. The number of sulfonamides is 1. The second kappa shape index (κ2) is 11.4. The highest BCUT2D eigenvalue weighted by Gasteiger charge is 2.26. The summed E-state index contributed by atoms with van der Waals surface area (Å²) >= 11 is 3.37. The Hall–Kier alpha value is -2.81. The zero-order chi connectivity index (χ0) is 23.8. The van der Waals surface area contributed by atoms with Gasteiger partial charge in [0.1, 0.15) is 0 Å². The quantitative estimate of drug-likeness (QED) is 0.317. The van der Waals surface area contributed by atoms with Crippen LogP contribution in [0.25, 0.3) is 0 Å². The van der Waals surface area contributed by atoms with Crippen LogP contribution in [0.15, 0.2) is 93.3 Å². The van der Waals surface area contributed by atoms with E-state index < -0.39 is 15.9 Å². The molecule has 0 saturated heterocycles. The van der Waals surface area contributed by atoms with Crippen molar-refractivity contribution >= 4 is 38.1 Å². The van der Waals surface area contributed by atoms with E-state index in [-0.39, 0.29) is 18.0 Å². The Morgan fingerprint density at radius 3 is 2.24 bits per heavy atom. The summed E-state index contributed by atoms with van der Waals surface area (Å²) in [5, 5.41) is 3.99. The Kier molecular flexibility index (Phi) is 8.55. The Labute approximate surface area is 203 Å². The molecule has 1 amide bonds. The highest BCUT2D eigenvalue weighted by Crippen LogP contribution is 2.19. The number of hydrogen-bond donors (Lipinski definition) is 1. The third-order valence-corrected chi connectivity index (χ3v) is 7.31. The number of halogens is 1. The molecule has 6 nitrogen and oxygen atoms in total. The van der Waals surface area contributed by atoms with Gasteiger partial charge in [-0.05, 0) is 46.9 Å². The van der Waals surface area contributed by atoms with Crippen LogP contribution in [0.3, 0.4) is 0 Å². The van der Waals surface area contributed by atoms with Crippen LogP contribution in [0.5, 0.6) is 0 Å². The van der Waals surface area contributed by atoms with Gasteiger partial charge in [-0.15, -0.1) is 0 Å². The van der Waals surface area contributed by atoms with E-state index >= 15 is 0 Å². The minimum absolute atomic E-state index is 0.0539. The van der Waals surface area contributed by atoms with E-state index in [9.17, 15) is 13.2 Å². The lowest BCUT2D eigenvalue weighted by Gasteiger charge is -2.21. The van der Waals surface area contributed by atoms with Crippen molar-refractivity contribution in [3.05, 3.63) is 100 Å². The third-order valence-electron chi connectivity index (χ3n) is 4.98. The summed E-state index contributed by atoms with van der Waals surface area (Å²) in [5.41, 5.74) is 5.25. The normalized spacial score (nSPS) is 11.9. The van der Waals surface area contributed by atoms with Gasteiger partial charge in [-0.3, -0.25) is 4.79 Å². The van der Waals surface area contributed by atoms with Crippen LogP contribution in [-0.2, 0) is 21.4 Å². The molecule has 1 N–H and O–H groups in total. The molecule has 0 fully saturated rings. The average Bonchev–Trinajstić information content (AvgIpc) is 2.81. The summed E-state index contributed by atoms with van der Waals surface area (Å²) in [5.74, 6) is -0.0966. The average molecular weight is 528 g/mol. The van der Waals surface area contributed by atoms with Gasteiger partial charge in [-0.2, -0.15) is 9.41 Å². The van der Waals surface area contributed by atoms with Gasteiger partial charge in [0.05, 0.1) is 17.7 Å². The number of nitrogens with one attached hydrogen (secondary N) is 1. The van der Waals surface area contributed by atoms with Gasteiger partial charge in [-0.1, -0.05) is 84.4 Å². The van der Waals surface area contributed by atoms with Gasteiger partial charge >= 0.3 is 0 Å². The van der Waals surface area contributed by atoms with Crippen LogP contribution < -0.4 is 5.43 Å². The van der Waals surface area contributed by atoms with E-state index in [1.54, 1.807) is 18.2 Å².